The number of carbonyl (C=O) groups is 3. The smallest absolute Gasteiger partial charge is 0.224 e. The highest BCUT2D eigenvalue weighted by atomic mass is 19.1. The van der Waals surface area contributed by atoms with Crippen molar-refractivity contribution in [3.63, 3.8) is 0 Å². The molecule has 0 saturated heterocycles. The van der Waals surface area contributed by atoms with Gasteiger partial charge in [0.15, 0.2) is 5.78 Å². The van der Waals surface area contributed by atoms with Crippen molar-refractivity contribution in [1.29, 1.82) is 0 Å². The third kappa shape index (κ3) is 7.88. The summed E-state index contributed by atoms with van der Waals surface area (Å²) < 4.78 is 19.2. The van der Waals surface area contributed by atoms with Crippen LogP contribution in [0.25, 0.3) is 11.1 Å². The number of methoxy groups -OCH3 is 1. The van der Waals surface area contributed by atoms with Crippen LogP contribution in [-0.2, 0) is 29.1 Å². The molecule has 3 unspecified atom stereocenters. The molecule has 1 amide bonds. The van der Waals surface area contributed by atoms with E-state index in [1.165, 1.54) is 18.2 Å². The first-order valence-corrected chi connectivity index (χ1v) is 14.7. The van der Waals surface area contributed by atoms with Crippen LogP contribution in [0.1, 0.15) is 52.7 Å². The highest BCUT2D eigenvalue weighted by Crippen LogP contribution is 2.43. The molecule has 0 aliphatic heterocycles. The van der Waals surface area contributed by atoms with Crippen molar-refractivity contribution in [1.82, 2.24) is 5.32 Å². The number of nitrogens with one attached hydrogen (secondary N) is 1. The van der Waals surface area contributed by atoms with E-state index < -0.39 is 36.6 Å². The Labute approximate surface area is 255 Å². The van der Waals surface area contributed by atoms with Crippen LogP contribution in [-0.4, -0.2) is 53.1 Å². The second-order valence-electron chi connectivity index (χ2n) is 11.4. The van der Waals surface area contributed by atoms with Gasteiger partial charge in [0.25, 0.3) is 0 Å². The van der Waals surface area contributed by atoms with Crippen LogP contribution < -0.4 is 15.8 Å². The Morgan fingerprint density at radius 2 is 1.80 bits per heavy atom. The number of phenolic OH excluding ortho intramolecular Hbond substituents is 1. The molecule has 1 aliphatic rings. The molecular formula is C34H39FN2O7. The number of halogens is 1. The quantitative estimate of drug-likeness (QED) is 0.164. The molecule has 3 aromatic carbocycles. The zero-order chi connectivity index (χ0) is 31.8. The lowest BCUT2D eigenvalue weighted by molar-refractivity contribution is -0.131. The number of nitrogens with two attached hydrogens (primary N) is 1. The summed E-state index contributed by atoms with van der Waals surface area (Å²) in [5.41, 5.74) is 9.31. The largest absolute Gasteiger partial charge is 0.507 e. The number of fused-ring (bicyclic) bond motifs is 1. The van der Waals surface area contributed by atoms with Crippen molar-refractivity contribution >= 4 is 17.5 Å². The molecule has 0 bridgehead atoms. The molecule has 0 aromatic heterocycles. The van der Waals surface area contributed by atoms with Crippen LogP contribution in [0.3, 0.4) is 0 Å². The number of aliphatic hydroxyl groups is 2. The van der Waals surface area contributed by atoms with Crippen LogP contribution in [0.4, 0.5) is 4.39 Å². The Kier molecular flexibility index (Phi) is 11.2. The lowest BCUT2D eigenvalue weighted by atomic mass is 9.72. The van der Waals surface area contributed by atoms with Gasteiger partial charge in [0.1, 0.15) is 23.1 Å². The number of hydrogen-bond donors (Lipinski definition) is 5. The molecule has 44 heavy (non-hydrogen) atoms. The number of carbonyl (C=O) groups excluding carboxylic acids is 3. The number of amides is 1. The van der Waals surface area contributed by atoms with Crippen LogP contribution in [0.5, 0.6) is 11.5 Å². The second-order valence-corrected chi connectivity index (χ2v) is 11.4. The third-order valence-electron chi connectivity index (χ3n) is 8.30. The second kappa shape index (κ2) is 15.1. The molecular weight excluding hydrogens is 567 g/mol. The predicted molar refractivity (Wildman–Crippen MR) is 162 cm³/mol. The molecule has 3 atom stereocenters. The number of aliphatic hydroxyl groups excluding tert-OH is 2. The van der Waals surface area contributed by atoms with Gasteiger partial charge in [-0.05, 0) is 83.7 Å². The average Bonchev–Trinajstić information content (AvgIpc) is 2.97. The number of Topliss-reactive ketones (excluding diaryl/α,β-unsaturated/α-hetero) is 2. The van der Waals surface area contributed by atoms with Crippen LogP contribution in [0.15, 0.2) is 54.6 Å². The summed E-state index contributed by atoms with van der Waals surface area (Å²) in [4.78, 5) is 37.5. The van der Waals surface area contributed by atoms with Crippen LogP contribution in [0, 0.1) is 23.6 Å². The van der Waals surface area contributed by atoms with E-state index in [4.69, 9.17) is 10.5 Å². The molecule has 0 radical (unpaired) electrons. The molecule has 0 spiro atoms. The molecule has 4 rings (SSSR count). The fraction of sp³-hybridized carbons (Fsp3) is 0.382. The number of primary amides is 1. The number of rotatable bonds is 15. The van der Waals surface area contributed by atoms with Gasteiger partial charge in [-0.2, -0.15) is 0 Å². The summed E-state index contributed by atoms with van der Waals surface area (Å²) in [5, 5.41) is 33.8. The Hall–Kier alpha value is -4.12. The van der Waals surface area contributed by atoms with Gasteiger partial charge in [-0.1, -0.05) is 24.3 Å². The summed E-state index contributed by atoms with van der Waals surface area (Å²) in [7, 11) is 1.55. The van der Waals surface area contributed by atoms with E-state index in [0.29, 0.717) is 37.2 Å². The van der Waals surface area contributed by atoms with Gasteiger partial charge in [0.2, 0.25) is 5.91 Å². The molecule has 1 aliphatic carbocycles. The van der Waals surface area contributed by atoms with Gasteiger partial charge >= 0.3 is 0 Å². The van der Waals surface area contributed by atoms with Crippen molar-refractivity contribution < 1.29 is 38.8 Å². The van der Waals surface area contributed by atoms with Crippen LogP contribution >= 0.6 is 0 Å². The van der Waals surface area contributed by atoms with Gasteiger partial charge in [0.05, 0.1) is 25.7 Å². The minimum atomic E-state index is -0.897. The molecule has 0 fully saturated rings. The highest BCUT2D eigenvalue weighted by molar-refractivity contribution is 6.03. The van der Waals surface area contributed by atoms with E-state index in [1.807, 2.05) is 24.3 Å². The standard InChI is InChI=1S/C34H39FN2O7/c1-44-32-8-5-21(18-37-17-20-3-2-4-24(35)12-20)13-26(32)25-6-7-29(40)34-27(25)14-22(15-31(34)42)11-23(9-10-38)28(19-39)30(41)16-33(36)43/h2-8,12-13,22-23,28,37-40H,9-11,14-19H2,1H3,(H2,36,43). The minimum absolute atomic E-state index is 0.115. The molecule has 10 heteroatoms. The summed E-state index contributed by atoms with van der Waals surface area (Å²) in [6, 6.07) is 15.3. The number of ether oxygens (including phenoxy) is 1. The molecule has 0 heterocycles. The normalized spacial score (nSPS) is 15.8. The van der Waals surface area contributed by atoms with Gasteiger partial charge < -0.3 is 31.1 Å². The Balaban J connectivity index is 1.62. The van der Waals surface area contributed by atoms with Gasteiger partial charge in [-0.15, -0.1) is 0 Å². The fourth-order valence-electron chi connectivity index (χ4n) is 6.27. The highest BCUT2D eigenvalue weighted by Gasteiger charge is 2.35. The van der Waals surface area contributed by atoms with E-state index in [2.05, 4.69) is 5.32 Å². The summed E-state index contributed by atoms with van der Waals surface area (Å²) >= 11 is 0. The van der Waals surface area contributed by atoms with Crippen molar-refractivity contribution in [3.05, 3.63) is 82.7 Å². The Bertz CT molecular complexity index is 1510. The van der Waals surface area contributed by atoms with Crippen LogP contribution in [0.2, 0.25) is 0 Å². The SMILES string of the molecule is COc1ccc(CNCc2cccc(F)c2)cc1-c1ccc(O)c2c1CC(CC(CCO)C(CO)C(=O)CC(N)=O)CC2=O. The number of phenols is 1. The maximum Gasteiger partial charge on any atom is 0.224 e. The van der Waals surface area contributed by atoms with Crippen molar-refractivity contribution in [3.8, 4) is 22.6 Å². The fourth-order valence-corrected chi connectivity index (χ4v) is 6.27. The summed E-state index contributed by atoms with van der Waals surface area (Å²) in [6.07, 6.45) is 0.566. The number of ketones is 2. The Morgan fingerprint density at radius 1 is 1.05 bits per heavy atom. The molecule has 9 nitrogen and oxygen atoms in total. The number of hydrogen-bond acceptors (Lipinski definition) is 8. The molecule has 6 N–H and O–H groups in total. The van der Waals surface area contributed by atoms with E-state index in [-0.39, 0.29) is 48.3 Å². The van der Waals surface area contributed by atoms with E-state index in [1.54, 1.807) is 19.2 Å². The predicted octanol–water partition coefficient (Wildman–Crippen LogP) is 3.68. The maximum atomic E-state index is 13.6. The topological polar surface area (TPSA) is 159 Å². The monoisotopic (exact) mass is 606 g/mol. The van der Waals surface area contributed by atoms with E-state index in [9.17, 15) is 34.1 Å². The zero-order valence-corrected chi connectivity index (χ0v) is 24.7. The van der Waals surface area contributed by atoms with E-state index in [0.717, 1.165) is 22.3 Å². The van der Waals surface area contributed by atoms with Gasteiger partial charge in [-0.3, -0.25) is 14.4 Å². The van der Waals surface area contributed by atoms with Gasteiger partial charge in [-0.25, -0.2) is 4.39 Å². The molecule has 0 saturated carbocycles. The number of aromatic hydroxyl groups is 1. The average molecular weight is 607 g/mol. The van der Waals surface area contributed by atoms with Crippen molar-refractivity contribution in [2.24, 2.45) is 23.5 Å². The third-order valence-corrected chi connectivity index (χ3v) is 8.30. The van der Waals surface area contributed by atoms with Crippen molar-refractivity contribution in [2.45, 2.75) is 45.2 Å². The zero-order valence-electron chi connectivity index (χ0n) is 24.7. The Morgan fingerprint density at radius 3 is 2.45 bits per heavy atom. The lowest BCUT2D eigenvalue weighted by Crippen LogP contribution is -2.33. The first-order valence-electron chi connectivity index (χ1n) is 14.7. The first-order chi connectivity index (χ1) is 21.1. The first kappa shape index (κ1) is 32.8. The summed E-state index contributed by atoms with van der Waals surface area (Å²) in [6.45, 7) is 0.221. The van der Waals surface area contributed by atoms with Gasteiger partial charge in [0, 0.05) is 37.6 Å². The van der Waals surface area contributed by atoms with E-state index >= 15 is 0 Å². The molecule has 234 valence electrons. The maximum absolute atomic E-state index is 13.6. The molecule has 3 aromatic rings. The number of benzene rings is 3. The lowest BCUT2D eigenvalue weighted by Gasteiger charge is -2.32. The summed E-state index contributed by atoms with van der Waals surface area (Å²) in [5.74, 6) is -2.98. The minimum Gasteiger partial charge on any atom is -0.507 e. The van der Waals surface area contributed by atoms with Crippen molar-refractivity contribution in [2.75, 3.05) is 20.3 Å².